The maximum absolute atomic E-state index is 13.1. The molecular formula is C31H41N3O2. The van der Waals surface area contributed by atoms with Gasteiger partial charge < -0.3 is 9.80 Å². The first-order valence-corrected chi connectivity index (χ1v) is 13.8. The summed E-state index contributed by atoms with van der Waals surface area (Å²) < 4.78 is 0. The highest BCUT2D eigenvalue weighted by atomic mass is 16.2. The lowest BCUT2D eigenvalue weighted by atomic mass is 9.49. The van der Waals surface area contributed by atoms with Crippen molar-refractivity contribution in [2.75, 3.05) is 45.8 Å². The van der Waals surface area contributed by atoms with Crippen LogP contribution in [-0.2, 0) is 4.79 Å². The third kappa shape index (κ3) is 4.95. The fourth-order valence-electron chi connectivity index (χ4n) is 6.48. The van der Waals surface area contributed by atoms with Gasteiger partial charge in [0, 0.05) is 57.8 Å². The number of nitrogens with zero attached hydrogens (tertiary/aromatic N) is 3. The molecule has 2 aromatic carbocycles. The number of rotatable bonds is 8. The summed E-state index contributed by atoms with van der Waals surface area (Å²) in [7, 11) is 0. The van der Waals surface area contributed by atoms with Gasteiger partial charge in [-0.05, 0) is 59.4 Å². The SMILES string of the molecule is CCCC(=O)N(CCN1CCN(C(=O)c2ccc3ccccc3c2)CC1)CC1=CCC2CC1C2(C)C. The highest BCUT2D eigenvalue weighted by molar-refractivity contribution is 5.98. The maximum Gasteiger partial charge on any atom is 0.253 e. The second-order valence-corrected chi connectivity index (χ2v) is 11.6. The summed E-state index contributed by atoms with van der Waals surface area (Å²) in [4.78, 5) is 32.6. The molecule has 1 saturated heterocycles. The lowest BCUT2D eigenvalue weighted by Gasteiger charge is -2.57. The molecule has 1 heterocycles. The zero-order valence-electron chi connectivity index (χ0n) is 22.2. The molecule has 6 rings (SSSR count). The van der Waals surface area contributed by atoms with E-state index in [1.54, 1.807) is 0 Å². The van der Waals surface area contributed by atoms with Gasteiger partial charge in [0.05, 0.1) is 0 Å². The lowest BCUT2D eigenvalue weighted by Crippen LogP contribution is -2.52. The predicted molar refractivity (Wildman–Crippen MR) is 146 cm³/mol. The molecule has 0 N–H and O–H groups in total. The summed E-state index contributed by atoms with van der Waals surface area (Å²) >= 11 is 0. The summed E-state index contributed by atoms with van der Waals surface area (Å²) in [5, 5.41) is 2.26. The topological polar surface area (TPSA) is 43.9 Å². The van der Waals surface area contributed by atoms with Crippen molar-refractivity contribution in [2.24, 2.45) is 17.3 Å². The van der Waals surface area contributed by atoms with Gasteiger partial charge in [0.2, 0.25) is 5.91 Å². The number of hydrogen-bond acceptors (Lipinski definition) is 3. The maximum atomic E-state index is 13.1. The summed E-state index contributed by atoms with van der Waals surface area (Å²) in [5.41, 5.74) is 2.63. The van der Waals surface area contributed by atoms with Gasteiger partial charge in [-0.3, -0.25) is 14.5 Å². The Labute approximate surface area is 216 Å². The Hall–Kier alpha value is -2.66. The van der Waals surface area contributed by atoms with Crippen molar-refractivity contribution < 1.29 is 9.59 Å². The first-order chi connectivity index (χ1) is 17.4. The molecule has 5 nitrogen and oxygen atoms in total. The van der Waals surface area contributed by atoms with Crippen LogP contribution in [0.2, 0.25) is 0 Å². The minimum Gasteiger partial charge on any atom is -0.337 e. The number of benzene rings is 2. The van der Waals surface area contributed by atoms with Crippen molar-refractivity contribution in [3.8, 4) is 0 Å². The van der Waals surface area contributed by atoms with Crippen molar-refractivity contribution in [1.82, 2.24) is 14.7 Å². The highest BCUT2D eigenvalue weighted by Gasteiger charge is 2.51. The molecule has 0 spiro atoms. The van der Waals surface area contributed by atoms with E-state index in [4.69, 9.17) is 0 Å². The second-order valence-electron chi connectivity index (χ2n) is 11.6. The van der Waals surface area contributed by atoms with Crippen molar-refractivity contribution >= 4 is 22.6 Å². The number of carbonyl (C=O) groups is 2. The van der Waals surface area contributed by atoms with E-state index in [1.807, 2.05) is 35.2 Å². The van der Waals surface area contributed by atoms with Crippen LogP contribution in [0, 0.1) is 17.3 Å². The van der Waals surface area contributed by atoms with Crippen LogP contribution in [-0.4, -0.2) is 72.3 Å². The van der Waals surface area contributed by atoms with Gasteiger partial charge in [-0.25, -0.2) is 0 Å². The summed E-state index contributed by atoms with van der Waals surface area (Å²) in [5.74, 6) is 1.85. The molecule has 192 valence electrons. The first kappa shape index (κ1) is 25.0. The molecule has 1 aliphatic heterocycles. The van der Waals surface area contributed by atoms with Crippen LogP contribution < -0.4 is 0 Å². The molecule has 0 radical (unpaired) electrons. The smallest absolute Gasteiger partial charge is 0.253 e. The van der Waals surface area contributed by atoms with E-state index in [0.717, 1.165) is 74.5 Å². The van der Waals surface area contributed by atoms with Crippen LogP contribution in [0.15, 0.2) is 54.1 Å². The van der Waals surface area contributed by atoms with E-state index in [2.05, 4.69) is 48.8 Å². The Morgan fingerprint density at radius 2 is 1.78 bits per heavy atom. The van der Waals surface area contributed by atoms with E-state index < -0.39 is 0 Å². The van der Waals surface area contributed by atoms with Gasteiger partial charge in [0.25, 0.3) is 5.91 Å². The molecule has 2 unspecified atom stereocenters. The Morgan fingerprint density at radius 1 is 1.03 bits per heavy atom. The van der Waals surface area contributed by atoms with Crippen LogP contribution >= 0.6 is 0 Å². The molecule has 2 atom stereocenters. The number of piperazine rings is 1. The minimum absolute atomic E-state index is 0.116. The van der Waals surface area contributed by atoms with Crippen LogP contribution in [0.1, 0.15) is 56.8 Å². The normalized spacial score (nSPS) is 23.2. The first-order valence-electron chi connectivity index (χ1n) is 13.8. The predicted octanol–water partition coefficient (Wildman–Crippen LogP) is 5.22. The molecule has 2 fully saturated rings. The molecule has 5 heteroatoms. The molecule has 1 saturated carbocycles. The number of hydrogen-bond donors (Lipinski definition) is 0. The van der Waals surface area contributed by atoms with E-state index in [9.17, 15) is 9.59 Å². The summed E-state index contributed by atoms with van der Waals surface area (Å²) in [6.45, 7) is 12.5. The van der Waals surface area contributed by atoms with E-state index >= 15 is 0 Å². The van der Waals surface area contributed by atoms with Gasteiger partial charge in [-0.15, -0.1) is 0 Å². The fraction of sp³-hybridized carbons (Fsp3) is 0.548. The average Bonchev–Trinajstić information content (AvgIpc) is 2.90. The van der Waals surface area contributed by atoms with Crippen molar-refractivity contribution in [1.29, 1.82) is 0 Å². The zero-order valence-corrected chi connectivity index (χ0v) is 22.2. The Balaban J connectivity index is 1.15. The lowest BCUT2D eigenvalue weighted by molar-refractivity contribution is -0.131. The minimum atomic E-state index is 0.116. The summed E-state index contributed by atoms with van der Waals surface area (Å²) in [6, 6.07) is 14.2. The number of fused-ring (bicyclic) bond motifs is 2. The third-order valence-electron chi connectivity index (χ3n) is 9.11. The largest absolute Gasteiger partial charge is 0.337 e. The monoisotopic (exact) mass is 487 g/mol. The molecule has 2 bridgehead atoms. The average molecular weight is 488 g/mol. The van der Waals surface area contributed by atoms with Gasteiger partial charge in [-0.1, -0.05) is 62.8 Å². The van der Waals surface area contributed by atoms with Crippen LogP contribution in [0.5, 0.6) is 0 Å². The Kier molecular flexibility index (Phi) is 7.21. The van der Waals surface area contributed by atoms with Crippen molar-refractivity contribution in [2.45, 2.75) is 46.5 Å². The molecule has 0 aromatic heterocycles. The van der Waals surface area contributed by atoms with Crippen molar-refractivity contribution in [3.63, 3.8) is 0 Å². The number of amides is 2. The van der Waals surface area contributed by atoms with Gasteiger partial charge in [0.1, 0.15) is 0 Å². The van der Waals surface area contributed by atoms with E-state index in [0.29, 0.717) is 17.8 Å². The van der Waals surface area contributed by atoms with Crippen LogP contribution in [0.25, 0.3) is 10.8 Å². The zero-order chi connectivity index (χ0) is 25.3. The highest BCUT2D eigenvalue weighted by Crippen LogP contribution is 2.59. The second kappa shape index (κ2) is 10.4. The molecule has 4 aliphatic rings. The molecule has 36 heavy (non-hydrogen) atoms. The van der Waals surface area contributed by atoms with Crippen LogP contribution in [0.4, 0.5) is 0 Å². The Bertz CT molecular complexity index is 1150. The third-order valence-corrected chi connectivity index (χ3v) is 9.11. The molecule has 2 amide bonds. The summed E-state index contributed by atoms with van der Waals surface area (Å²) in [6.07, 6.45) is 6.40. The van der Waals surface area contributed by atoms with E-state index in [1.165, 1.54) is 18.4 Å². The Morgan fingerprint density at radius 3 is 2.47 bits per heavy atom. The van der Waals surface area contributed by atoms with Crippen molar-refractivity contribution in [3.05, 3.63) is 59.7 Å². The fourth-order valence-corrected chi connectivity index (χ4v) is 6.48. The molecule has 2 aromatic rings. The number of carbonyl (C=O) groups excluding carboxylic acids is 2. The number of allylic oxidation sites excluding steroid dienone is 1. The van der Waals surface area contributed by atoms with Gasteiger partial charge in [0.15, 0.2) is 0 Å². The van der Waals surface area contributed by atoms with Crippen LogP contribution in [0.3, 0.4) is 0 Å². The standard InChI is InChI=1S/C31H41N3O2/c1-4-7-29(35)34(22-26-12-13-27-21-28(26)31(27,2)3)19-16-32-14-17-33(18-15-32)30(36)25-11-10-23-8-5-6-9-24(23)20-25/h5-6,8-12,20,27-28H,4,7,13-19,21-22H2,1-3H3. The quantitative estimate of drug-likeness (QED) is 0.480. The van der Waals surface area contributed by atoms with Gasteiger partial charge >= 0.3 is 0 Å². The molecular weight excluding hydrogens is 446 g/mol. The van der Waals surface area contributed by atoms with Gasteiger partial charge in [-0.2, -0.15) is 0 Å². The van der Waals surface area contributed by atoms with E-state index in [-0.39, 0.29) is 11.8 Å². The molecule has 3 aliphatic carbocycles.